The first-order chi connectivity index (χ1) is 15.5. The molecular formula is C25H23NO6. The smallest absolute Gasteiger partial charge is 0.344 e. The zero-order valence-electron chi connectivity index (χ0n) is 17.6. The van der Waals surface area contributed by atoms with Gasteiger partial charge in [-0.25, -0.2) is 4.79 Å². The molecule has 0 fully saturated rings. The SMILES string of the molecule is CCC(=O)c1ccc(OCC(=O)OCC(=O)Nc2ccccc2Oc2ccccc2)cc1. The molecule has 32 heavy (non-hydrogen) atoms. The molecule has 1 amide bonds. The Balaban J connectivity index is 1.46. The highest BCUT2D eigenvalue weighted by Gasteiger charge is 2.12. The number of esters is 1. The summed E-state index contributed by atoms with van der Waals surface area (Å²) >= 11 is 0. The molecule has 7 nitrogen and oxygen atoms in total. The van der Waals surface area contributed by atoms with Gasteiger partial charge in [-0.1, -0.05) is 37.3 Å². The Morgan fingerprint density at radius 1 is 0.781 bits per heavy atom. The molecule has 0 radical (unpaired) electrons. The molecule has 1 N–H and O–H groups in total. The fraction of sp³-hybridized carbons (Fsp3) is 0.160. The van der Waals surface area contributed by atoms with Crippen molar-refractivity contribution in [3.63, 3.8) is 0 Å². The van der Waals surface area contributed by atoms with Crippen molar-refractivity contribution in [2.45, 2.75) is 13.3 Å². The maximum Gasteiger partial charge on any atom is 0.344 e. The molecule has 0 aliphatic heterocycles. The number of hydrogen-bond donors (Lipinski definition) is 1. The number of ketones is 1. The number of anilines is 1. The van der Waals surface area contributed by atoms with Crippen molar-refractivity contribution in [2.75, 3.05) is 18.5 Å². The van der Waals surface area contributed by atoms with E-state index in [-0.39, 0.29) is 12.4 Å². The summed E-state index contributed by atoms with van der Waals surface area (Å²) in [5, 5.41) is 2.67. The van der Waals surface area contributed by atoms with Gasteiger partial charge in [0.05, 0.1) is 5.69 Å². The van der Waals surface area contributed by atoms with Crippen LogP contribution in [0.2, 0.25) is 0 Å². The van der Waals surface area contributed by atoms with Gasteiger partial charge in [0.1, 0.15) is 11.5 Å². The standard InChI is InChI=1S/C25H23NO6/c1-2-22(27)18-12-14-19(15-13-18)30-17-25(29)31-16-24(28)26-21-10-6-7-11-23(21)32-20-8-4-3-5-9-20/h3-15H,2,16-17H2,1H3,(H,26,28). The summed E-state index contributed by atoms with van der Waals surface area (Å²) in [5.41, 5.74) is 1.03. The van der Waals surface area contributed by atoms with Crippen molar-refractivity contribution in [1.82, 2.24) is 0 Å². The van der Waals surface area contributed by atoms with Crippen LogP contribution in [0.25, 0.3) is 0 Å². The number of benzene rings is 3. The second-order valence-corrected chi connectivity index (χ2v) is 6.71. The first kappa shape index (κ1) is 22.6. The average molecular weight is 433 g/mol. The molecule has 0 saturated heterocycles. The first-order valence-electron chi connectivity index (χ1n) is 10.1. The number of rotatable bonds is 10. The van der Waals surface area contributed by atoms with E-state index in [0.717, 1.165) is 0 Å². The van der Waals surface area contributed by atoms with Crippen LogP contribution in [0.15, 0.2) is 78.9 Å². The summed E-state index contributed by atoms with van der Waals surface area (Å²) in [4.78, 5) is 35.7. The molecule has 0 bridgehead atoms. The molecular weight excluding hydrogens is 410 g/mol. The van der Waals surface area contributed by atoms with Crippen LogP contribution in [0.5, 0.6) is 17.2 Å². The first-order valence-corrected chi connectivity index (χ1v) is 10.1. The Hall–Kier alpha value is -4.13. The third-order valence-corrected chi connectivity index (χ3v) is 4.35. The van der Waals surface area contributed by atoms with Crippen LogP contribution >= 0.6 is 0 Å². The molecule has 164 valence electrons. The van der Waals surface area contributed by atoms with E-state index in [4.69, 9.17) is 14.2 Å². The van der Waals surface area contributed by atoms with Crippen LogP contribution in [0.3, 0.4) is 0 Å². The molecule has 3 rings (SSSR count). The minimum absolute atomic E-state index is 0.0257. The molecule has 3 aromatic carbocycles. The lowest BCUT2D eigenvalue weighted by atomic mass is 10.1. The summed E-state index contributed by atoms with van der Waals surface area (Å²) in [7, 11) is 0. The molecule has 7 heteroatoms. The van der Waals surface area contributed by atoms with E-state index in [1.165, 1.54) is 0 Å². The minimum atomic E-state index is -0.692. The van der Waals surface area contributed by atoms with Crippen molar-refractivity contribution >= 4 is 23.3 Å². The van der Waals surface area contributed by atoms with Gasteiger partial charge in [0.2, 0.25) is 0 Å². The van der Waals surface area contributed by atoms with Gasteiger partial charge in [0, 0.05) is 12.0 Å². The van der Waals surface area contributed by atoms with Crippen molar-refractivity contribution in [2.24, 2.45) is 0 Å². The number of Topliss-reactive ketones (excluding diaryl/α,β-unsaturated/α-hetero) is 1. The van der Waals surface area contributed by atoms with E-state index >= 15 is 0 Å². The quantitative estimate of drug-likeness (QED) is 0.370. The van der Waals surface area contributed by atoms with Crippen LogP contribution < -0.4 is 14.8 Å². The molecule has 0 aromatic heterocycles. The van der Waals surface area contributed by atoms with Crippen LogP contribution in [-0.2, 0) is 14.3 Å². The van der Waals surface area contributed by atoms with Crippen molar-refractivity contribution in [1.29, 1.82) is 0 Å². The van der Waals surface area contributed by atoms with E-state index in [0.29, 0.717) is 34.9 Å². The number of para-hydroxylation sites is 3. The van der Waals surface area contributed by atoms with Crippen LogP contribution in [-0.4, -0.2) is 30.9 Å². The van der Waals surface area contributed by atoms with Gasteiger partial charge >= 0.3 is 5.97 Å². The van der Waals surface area contributed by atoms with Crippen LogP contribution in [0.4, 0.5) is 5.69 Å². The van der Waals surface area contributed by atoms with Gasteiger partial charge in [-0.2, -0.15) is 0 Å². The van der Waals surface area contributed by atoms with Crippen molar-refractivity contribution in [3.8, 4) is 17.2 Å². The summed E-state index contributed by atoms with van der Waals surface area (Å²) in [5.74, 6) is 0.341. The van der Waals surface area contributed by atoms with E-state index in [2.05, 4.69) is 5.32 Å². The number of carbonyl (C=O) groups is 3. The highest BCUT2D eigenvalue weighted by molar-refractivity contribution is 5.96. The topological polar surface area (TPSA) is 90.9 Å². The third kappa shape index (κ3) is 6.70. The number of hydrogen-bond acceptors (Lipinski definition) is 6. The van der Waals surface area contributed by atoms with Gasteiger partial charge in [-0.3, -0.25) is 9.59 Å². The number of amides is 1. The summed E-state index contributed by atoms with van der Waals surface area (Å²) in [6, 6.07) is 22.6. The van der Waals surface area contributed by atoms with Crippen molar-refractivity contribution < 1.29 is 28.6 Å². The Bertz CT molecular complexity index is 1060. The molecule has 0 heterocycles. The molecule has 0 atom stereocenters. The summed E-state index contributed by atoms with van der Waals surface area (Å²) < 4.78 is 16.1. The zero-order chi connectivity index (χ0) is 22.8. The molecule has 0 unspecified atom stereocenters. The van der Waals surface area contributed by atoms with E-state index in [9.17, 15) is 14.4 Å². The second kappa shape index (κ2) is 11.3. The predicted octanol–water partition coefficient (Wildman–Crippen LogP) is 4.63. The highest BCUT2D eigenvalue weighted by Crippen LogP contribution is 2.29. The third-order valence-electron chi connectivity index (χ3n) is 4.35. The lowest BCUT2D eigenvalue weighted by Gasteiger charge is -2.12. The molecule has 0 aliphatic rings. The fourth-order valence-corrected chi connectivity index (χ4v) is 2.73. The molecule has 0 spiro atoms. The fourth-order valence-electron chi connectivity index (χ4n) is 2.73. The lowest BCUT2D eigenvalue weighted by Crippen LogP contribution is -2.23. The number of nitrogens with one attached hydrogen (secondary N) is 1. The van der Waals surface area contributed by atoms with Crippen LogP contribution in [0, 0.1) is 0 Å². The Morgan fingerprint density at radius 2 is 1.47 bits per heavy atom. The number of ether oxygens (including phenoxy) is 3. The highest BCUT2D eigenvalue weighted by atomic mass is 16.6. The van der Waals surface area contributed by atoms with Gasteiger partial charge < -0.3 is 19.5 Å². The summed E-state index contributed by atoms with van der Waals surface area (Å²) in [6.07, 6.45) is 0.414. The average Bonchev–Trinajstić information content (AvgIpc) is 2.83. The van der Waals surface area contributed by atoms with Crippen molar-refractivity contribution in [3.05, 3.63) is 84.4 Å². The second-order valence-electron chi connectivity index (χ2n) is 6.71. The predicted molar refractivity (Wildman–Crippen MR) is 119 cm³/mol. The van der Waals surface area contributed by atoms with Gasteiger partial charge in [0.15, 0.2) is 24.7 Å². The normalized spacial score (nSPS) is 10.2. The Kier molecular flexibility index (Phi) is 7.97. The molecule has 0 saturated carbocycles. The molecule has 3 aromatic rings. The maximum atomic E-state index is 12.2. The minimum Gasteiger partial charge on any atom is -0.482 e. The van der Waals surface area contributed by atoms with Gasteiger partial charge in [-0.15, -0.1) is 0 Å². The monoisotopic (exact) mass is 433 g/mol. The maximum absolute atomic E-state index is 12.2. The van der Waals surface area contributed by atoms with E-state index < -0.39 is 18.5 Å². The zero-order valence-corrected chi connectivity index (χ0v) is 17.6. The van der Waals surface area contributed by atoms with E-state index in [1.807, 2.05) is 18.2 Å². The van der Waals surface area contributed by atoms with Gasteiger partial charge in [-0.05, 0) is 48.5 Å². The van der Waals surface area contributed by atoms with Crippen LogP contribution in [0.1, 0.15) is 23.7 Å². The molecule has 0 aliphatic carbocycles. The lowest BCUT2D eigenvalue weighted by molar-refractivity contribution is -0.149. The van der Waals surface area contributed by atoms with E-state index in [1.54, 1.807) is 67.6 Å². The number of carbonyl (C=O) groups excluding carboxylic acids is 3. The van der Waals surface area contributed by atoms with Gasteiger partial charge in [0.25, 0.3) is 5.91 Å². The largest absolute Gasteiger partial charge is 0.482 e. The summed E-state index contributed by atoms with van der Waals surface area (Å²) in [6.45, 7) is 0.960. The Morgan fingerprint density at radius 3 is 2.19 bits per heavy atom. The Labute approximate surface area is 185 Å².